The van der Waals surface area contributed by atoms with Crippen molar-refractivity contribution < 1.29 is 4.74 Å². The molecule has 3 aromatic rings. The van der Waals surface area contributed by atoms with Crippen LogP contribution in [0.25, 0.3) is 16.9 Å². The Morgan fingerprint density at radius 3 is 2.68 bits per heavy atom. The standard InChI is InChI=1S/C18H17N3O/c1-3-10-22-15-6-4-14(5-7-15)18-16(12-19)21-9-8-13(2)11-17(21)20-18/h4-9,11H,3,10H2,1-2H3. The van der Waals surface area contributed by atoms with Crippen molar-refractivity contribution in [1.29, 1.82) is 5.26 Å². The smallest absolute Gasteiger partial charge is 0.152 e. The van der Waals surface area contributed by atoms with Crippen molar-refractivity contribution >= 4 is 5.65 Å². The first-order valence-corrected chi connectivity index (χ1v) is 7.35. The lowest BCUT2D eigenvalue weighted by Gasteiger charge is -2.05. The molecule has 2 aromatic heterocycles. The zero-order valence-electron chi connectivity index (χ0n) is 12.7. The van der Waals surface area contributed by atoms with Gasteiger partial charge < -0.3 is 4.74 Å². The Hall–Kier alpha value is -2.80. The highest BCUT2D eigenvalue weighted by molar-refractivity contribution is 5.70. The first kappa shape index (κ1) is 14.2. The maximum absolute atomic E-state index is 9.47. The number of hydrogen-bond donors (Lipinski definition) is 0. The number of aryl methyl sites for hydroxylation is 1. The summed E-state index contributed by atoms with van der Waals surface area (Å²) >= 11 is 0. The second kappa shape index (κ2) is 5.90. The van der Waals surface area contributed by atoms with Crippen LogP contribution in [0.5, 0.6) is 5.75 Å². The molecule has 4 nitrogen and oxygen atoms in total. The van der Waals surface area contributed by atoms with E-state index < -0.39 is 0 Å². The first-order valence-electron chi connectivity index (χ1n) is 7.35. The number of ether oxygens (including phenoxy) is 1. The third-order valence-corrected chi connectivity index (χ3v) is 3.49. The van der Waals surface area contributed by atoms with Gasteiger partial charge in [-0.25, -0.2) is 4.98 Å². The fraction of sp³-hybridized carbons (Fsp3) is 0.222. The van der Waals surface area contributed by atoms with E-state index in [1.807, 2.05) is 53.9 Å². The molecule has 1 aromatic carbocycles. The predicted molar refractivity (Wildman–Crippen MR) is 85.9 cm³/mol. The van der Waals surface area contributed by atoms with Gasteiger partial charge in [-0.2, -0.15) is 5.26 Å². The molecule has 0 aliphatic heterocycles. The lowest BCUT2D eigenvalue weighted by atomic mass is 10.1. The van der Waals surface area contributed by atoms with Crippen molar-refractivity contribution in [2.75, 3.05) is 6.61 Å². The van der Waals surface area contributed by atoms with Crippen LogP contribution in [-0.2, 0) is 0 Å². The summed E-state index contributed by atoms with van der Waals surface area (Å²) in [5.41, 5.74) is 4.09. The topological polar surface area (TPSA) is 50.3 Å². The number of hydrogen-bond acceptors (Lipinski definition) is 3. The molecule has 0 aliphatic rings. The highest BCUT2D eigenvalue weighted by Crippen LogP contribution is 2.26. The number of aromatic nitrogens is 2. The number of rotatable bonds is 4. The molecule has 0 atom stereocenters. The van der Waals surface area contributed by atoms with Gasteiger partial charge in [-0.15, -0.1) is 0 Å². The molecule has 0 saturated carbocycles. The van der Waals surface area contributed by atoms with E-state index in [2.05, 4.69) is 18.0 Å². The lowest BCUT2D eigenvalue weighted by Crippen LogP contribution is -1.94. The maximum Gasteiger partial charge on any atom is 0.152 e. The highest BCUT2D eigenvalue weighted by Gasteiger charge is 2.13. The Kier molecular flexibility index (Phi) is 3.80. The van der Waals surface area contributed by atoms with Gasteiger partial charge in [0.05, 0.1) is 6.61 Å². The summed E-state index contributed by atoms with van der Waals surface area (Å²) in [6.07, 6.45) is 2.87. The molecule has 0 radical (unpaired) electrons. The van der Waals surface area contributed by atoms with E-state index in [9.17, 15) is 5.26 Å². The van der Waals surface area contributed by atoms with Crippen LogP contribution in [0, 0.1) is 18.3 Å². The molecule has 22 heavy (non-hydrogen) atoms. The van der Waals surface area contributed by atoms with Crippen molar-refractivity contribution in [2.45, 2.75) is 20.3 Å². The summed E-state index contributed by atoms with van der Waals surface area (Å²) in [4.78, 5) is 4.61. The van der Waals surface area contributed by atoms with Crippen LogP contribution < -0.4 is 4.74 Å². The number of nitriles is 1. The molecule has 3 rings (SSSR count). The minimum atomic E-state index is 0.553. The second-order valence-electron chi connectivity index (χ2n) is 5.23. The molecule has 0 aliphatic carbocycles. The van der Waals surface area contributed by atoms with Crippen LogP contribution >= 0.6 is 0 Å². The van der Waals surface area contributed by atoms with Crippen LogP contribution in [0.4, 0.5) is 0 Å². The number of imidazole rings is 1. The summed E-state index contributed by atoms with van der Waals surface area (Å²) in [5, 5.41) is 9.47. The van der Waals surface area contributed by atoms with Gasteiger partial charge in [0.25, 0.3) is 0 Å². The Morgan fingerprint density at radius 2 is 2.00 bits per heavy atom. The summed E-state index contributed by atoms with van der Waals surface area (Å²) in [6.45, 7) is 4.79. The van der Waals surface area contributed by atoms with E-state index in [0.29, 0.717) is 18.0 Å². The molecule has 0 unspecified atom stereocenters. The Bertz CT molecular complexity index is 841. The van der Waals surface area contributed by atoms with E-state index in [1.165, 1.54) is 0 Å². The van der Waals surface area contributed by atoms with Gasteiger partial charge >= 0.3 is 0 Å². The summed E-state index contributed by atoms with van der Waals surface area (Å²) in [5.74, 6) is 0.837. The molecule has 0 N–H and O–H groups in total. The van der Waals surface area contributed by atoms with Gasteiger partial charge in [0.2, 0.25) is 0 Å². The van der Waals surface area contributed by atoms with Crippen LogP contribution in [-0.4, -0.2) is 16.0 Å². The summed E-state index contributed by atoms with van der Waals surface area (Å²) in [6, 6.07) is 13.9. The van der Waals surface area contributed by atoms with Crippen molar-refractivity contribution in [3.63, 3.8) is 0 Å². The van der Waals surface area contributed by atoms with Crippen LogP contribution in [0.3, 0.4) is 0 Å². The molecular weight excluding hydrogens is 274 g/mol. The summed E-state index contributed by atoms with van der Waals surface area (Å²) in [7, 11) is 0. The van der Waals surface area contributed by atoms with E-state index >= 15 is 0 Å². The van der Waals surface area contributed by atoms with Crippen LogP contribution in [0.15, 0.2) is 42.6 Å². The minimum absolute atomic E-state index is 0.553. The average Bonchev–Trinajstić information content (AvgIpc) is 2.90. The molecule has 0 saturated heterocycles. The third kappa shape index (κ3) is 2.53. The lowest BCUT2D eigenvalue weighted by molar-refractivity contribution is 0.317. The normalized spacial score (nSPS) is 10.6. The number of benzene rings is 1. The Balaban J connectivity index is 2.04. The molecule has 4 heteroatoms. The number of nitrogens with zero attached hydrogens (tertiary/aromatic N) is 3. The molecule has 0 amide bonds. The summed E-state index contributed by atoms with van der Waals surface area (Å²) < 4.78 is 7.41. The molecular formula is C18H17N3O. The van der Waals surface area contributed by atoms with Gasteiger partial charge in [-0.3, -0.25) is 4.40 Å². The molecule has 0 fully saturated rings. The van der Waals surface area contributed by atoms with Gasteiger partial charge in [0.1, 0.15) is 23.2 Å². The zero-order valence-corrected chi connectivity index (χ0v) is 12.7. The average molecular weight is 291 g/mol. The van der Waals surface area contributed by atoms with E-state index in [1.54, 1.807) is 0 Å². The molecule has 110 valence electrons. The van der Waals surface area contributed by atoms with E-state index in [-0.39, 0.29) is 0 Å². The zero-order chi connectivity index (χ0) is 15.5. The van der Waals surface area contributed by atoms with Gasteiger partial charge in [-0.1, -0.05) is 6.92 Å². The third-order valence-electron chi connectivity index (χ3n) is 3.49. The fourth-order valence-corrected chi connectivity index (χ4v) is 2.38. The largest absolute Gasteiger partial charge is 0.494 e. The SMILES string of the molecule is CCCOc1ccc(-c2nc3cc(C)ccn3c2C#N)cc1. The first-order chi connectivity index (χ1) is 10.7. The second-order valence-corrected chi connectivity index (χ2v) is 5.23. The Labute approximate surface area is 129 Å². The van der Waals surface area contributed by atoms with Crippen molar-refractivity contribution in [3.8, 4) is 23.1 Å². The quantitative estimate of drug-likeness (QED) is 0.730. The number of pyridine rings is 1. The van der Waals surface area contributed by atoms with Crippen LogP contribution in [0.1, 0.15) is 24.6 Å². The molecule has 0 spiro atoms. The molecule has 2 heterocycles. The van der Waals surface area contributed by atoms with Crippen molar-refractivity contribution in [2.24, 2.45) is 0 Å². The highest BCUT2D eigenvalue weighted by atomic mass is 16.5. The van der Waals surface area contributed by atoms with Gasteiger partial charge in [0.15, 0.2) is 5.69 Å². The van der Waals surface area contributed by atoms with E-state index in [4.69, 9.17) is 4.74 Å². The predicted octanol–water partition coefficient (Wildman–Crippen LogP) is 3.97. The van der Waals surface area contributed by atoms with Crippen molar-refractivity contribution in [1.82, 2.24) is 9.38 Å². The fourth-order valence-electron chi connectivity index (χ4n) is 2.38. The Morgan fingerprint density at radius 1 is 1.23 bits per heavy atom. The van der Waals surface area contributed by atoms with Crippen LogP contribution in [0.2, 0.25) is 0 Å². The molecule has 0 bridgehead atoms. The monoisotopic (exact) mass is 291 g/mol. The van der Waals surface area contributed by atoms with Gasteiger partial charge in [-0.05, 0) is 55.3 Å². The van der Waals surface area contributed by atoms with E-state index in [0.717, 1.165) is 28.9 Å². The van der Waals surface area contributed by atoms with Crippen molar-refractivity contribution in [3.05, 3.63) is 53.9 Å². The minimum Gasteiger partial charge on any atom is -0.494 e. The number of fused-ring (bicyclic) bond motifs is 1. The maximum atomic E-state index is 9.47. The van der Waals surface area contributed by atoms with Gasteiger partial charge in [0, 0.05) is 11.8 Å².